The van der Waals surface area contributed by atoms with Gasteiger partial charge >= 0.3 is 5.97 Å². The van der Waals surface area contributed by atoms with E-state index < -0.39 is 5.97 Å². The number of carbonyl (C=O) groups excluding carboxylic acids is 2. The Hall–Kier alpha value is -2.28. The molecule has 0 bridgehead atoms. The summed E-state index contributed by atoms with van der Waals surface area (Å²) in [5, 5.41) is 2.21. The molecule has 0 N–H and O–H groups in total. The third-order valence-electron chi connectivity index (χ3n) is 5.69. The van der Waals surface area contributed by atoms with Crippen molar-refractivity contribution < 1.29 is 18.7 Å². The molecule has 5 nitrogen and oxygen atoms in total. The van der Waals surface area contributed by atoms with Gasteiger partial charge in [-0.15, -0.1) is 11.3 Å². The number of amides is 1. The van der Waals surface area contributed by atoms with Gasteiger partial charge in [-0.05, 0) is 55.9 Å². The normalized spacial score (nSPS) is 21.8. The number of halogens is 1. The summed E-state index contributed by atoms with van der Waals surface area (Å²) in [5.74, 6) is -0.440. The maximum absolute atomic E-state index is 13.0. The predicted molar refractivity (Wildman–Crippen MR) is 104 cm³/mol. The van der Waals surface area contributed by atoms with Crippen molar-refractivity contribution in [2.45, 2.75) is 44.6 Å². The Bertz CT molecular complexity index is 850. The van der Waals surface area contributed by atoms with E-state index in [4.69, 9.17) is 4.74 Å². The molecule has 4 rings (SSSR count). The zero-order valence-electron chi connectivity index (χ0n) is 15.6. The Morgan fingerprint density at radius 2 is 1.89 bits per heavy atom. The van der Waals surface area contributed by atoms with Crippen molar-refractivity contribution in [2.75, 3.05) is 13.2 Å². The number of ether oxygens (including phenoxy) is 1. The molecule has 2 heterocycles. The van der Waals surface area contributed by atoms with Crippen molar-refractivity contribution in [3.63, 3.8) is 0 Å². The number of nitrogens with zero attached hydrogens (tertiary/aromatic N) is 2. The molecule has 2 fully saturated rings. The first-order valence-corrected chi connectivity index (χ1v) is 10.7. The highest BCUT2D eigenvalue weighted by Crippen LogP contribution is 2.35. The van der Waals surface area contributed by atoms with Crippen molar-refractivity contribution in [1.29, 1.82) is 0 Å². The first kappa shape index (κ1) is 19.1. The summed E-state index contributed by atoms with van der Waals surface area (Å²) in [5.41, 5.74) is 0.907. The molecule has 0 spiro atoms. The van der Waals surface area contributed by atoms with Gasteiger partial charge in [-0.1, -0.05) is 12.8 Å². The van der Waals surface area contributed by atoms with Crippen LogP contribution in [0.25, 0.3) is 10.6 Å². The molecule has 2 atom stereocenters. The Balaban J connectivity index is 1.35. The Morgan fingerprint density at radius 1 is 1.14 bits per heavy atom. The molecule has 28 heavy (non-hydrogen) atoms. The third-order valence-corrected chi connectivity index (χ3v) is 6.59. The molecule has 1 aromatic carbocycles. The van der Waals surface area contributed by atoms with Crippen LogP contribution in [-0.2, 0) is 9.53 Å². The summed E-state index contributed by atoms with van der Waals surface area (Å²) in [6, 6.07) is 6.24. The van der Waals surface area contributed by atoms with E-state index >= 15 is 0 Å². The van der Waals surface area contributed by atoms with Crippen LogP contribution in [0.2, 0.25) is 0 Å². The van der Waals surface area contributed by atoms with Gasteiger partial charge in [-0.3, -0.25) is 4.79 Å². The van der Waals surface area contributed by atoms with Crippen LogP contribution in [0.4, 0.5) is 4.39 Å². The molecule has 2 aromatic rings. The second-order valence-corrected chi connectivity index (χ2v) is 8.32. The summed E-state index contributed by atoms with van der Waals surface area (Å²) in [4.78, 5) is 31.1. The number of hydrogen-bond donors (Lipinski definition) is 0. The minimum absolute atomic E-state index is 0.112. The number of thiazole rings is 1. The zero-order chi connectivity index (χ0) is 19.5. The molecule has 0 radical (unpaired) electrons. The monoisotopic (exact) mass is 402 g/mol. The van der Waals surface area contributed by atoms with Crippen LogP contribution in [0.15, 0.2) is 29.6 Å². The fraction of sp³-hybridized carbons (Fsp3) is 0.476. The van der Waals surface area contributed by atoms with Crippen molar-refractivity contribution in [2.24, 2.45) is 5.92 Å². The lowest BCUT2D eigenvalue weighted by Crippen LogP contribution is -2.50. The SMILES string of the molecule is O=C(OCC(=O)N1CCC[C@H]2CCCC[C@@H]21)c1csc(-c2ccc(F)cc2)n1. The number of piperidine rings is 1. The zero-order valence-corrected chi connectivity index (χ0v) is 16.4. The number of likely N-dealkylation sites (tertiary alicyclic amines) is 1. The summed E-state index contributed by atoms with van der Waals surface area (Å²) in [6.45, 7) is 0.508. The molecule has 7 heteroatoms. The highest BCUT2D eigenvalue weighted by Gasteiger charge is 2.35. The van der Waals surface area contributed by atoms with Gasteiger partial charge in [0.15, 0.2) is 12.3 Å². The molecule has 1 saturated heterocycles. The average Bonchev–Trinajstić information content (AvgIpc) is 3.22. The Morgan fingerprint density at radius 3 is 2.71 bits per heavy atom. The van der Waals surface area contributed by atoms with Crippen LogP contribution in [0.1, 0.15) is 49.0 Å². The summed E-state index contributed by atoms with van der Waals surface area (Å²) in [6.07, 6.45) is 6.87. The quantitative estimate of drug-likeness (QED) is 0.716. The number of fused-ring (bicyclic) bond motifs is 1. The van der Waals surface area contributed by atoms with Gasteiger partial charge in [0.1, 0.15) is 10.8 Å². The van der Waals surface area contributed by atoms with E-state index in [1.165, 1.54) is 42.7 Å². The number of hydrogen-bond acceptors (Lipinski definition) is 5. The van der Waals surface area contributed by atoms with Gasteiger partial charge in [-0.25, -0.2) is 14.2 Å². The number of esters is 1. The van der Waals surface area contributed by atoms with Gasteiger partial charge in [-0.2, -0.15) is 0 Å². The van der Waals surface area contributed by atoms with E-state index in [2.05, 4.69) is 4.98 Å². The predicted octanol–water partition coefficient (Wildman–Crippen LogP) is 4.29. The van der Waals surface area contributed by atoms with E-state index in [9.17, 15) is 14.0 Å². The van der Waals surface area contributed by atoms with Crippen LogP contribution >= 0.6 is 11.3 Å². The van der Waals surface area contributed by atoms with Crippen LogP contribution < -0.4 is 0 Å². The topological polar surface area (TPSA) is 59.5 Å². The first-order valence-electron chi connectivity index (χ1n) is 9.80. The molecule has 1 aliphatic heterocycles. The van der Waals surface area contributed by atoms with Crippen molar-refractivity contribution in [3.05, 3.63) is 41.2 Å². The van der Waals surface area contributed by atoms with Crippen molar-refractivity contribution in [3.8, 4) is 10.6 Å². The van der Waals surface area contributed by atoms with Gasteiger partial charge in [0.05, 0.1) is 0 Å². The summed E-state index contributed by atoms with van der Waals surface area (Å²) in [7, 11) is 0. The molecular weight excluding hydrogens is 379 g/mol. The lowest BCUT2D eigenvalue weighted by atomic mass is 9.78. The van der Waals surface area contributed by atoms with E-state index in [1.54, 1.807) is 17.5 Å². The maximum Gasteiger partial charge on any atom is 0.358 e. The van der Waals surface area contributed by atoms with E-state index in [-0.39, 0.29) is 24.0 Å². The number of benzene rings is 1. The minimum Gasteiger partial charge on any atom is -0.451 e. The van der Waals surface area contributed by atoms with Gasteiger partial charge in [0, 0.05) is 23.5 Å². The Kier molecular flexibility index (Phi) is 5.71. The third kappa shape index (κ3) is 4.09. The van der Waals surface area contributed by atoms with Crippen LogP contribution in [0.5, 0.6) is 0 Å². The first-order chi connectivity index (χ1) is 13.6. The fourth-order valence-electron chi connectivity index (χ4n) is 4.31. The molecule has 148 valence electrons. The largest absolute Gasteiger partial charge is 0.451 e. The van der Waals surface area contributed by atoms with E-state index in [0.717, 1.165) is 31.4 Å². The van der Waals surface area contributed by atoms with Gasteiger partial charge < -0.3 is 9.64 Å². The molecular formula is C21H23FN2O3S. The lowest BCUT2D eigenvalue weighted by molar-refractivity contribution is -0.140. The van der Waals surface area contributed by atoms with Crippen LogP contribution in [0, 0.1) is 11.7 Å². The molecule has 1 aliphatic carbocycles. The number of aromatic nitrogens is 1. The standard InChI is InChI=1S/C21H23FN2O3S/c22-16-9-7-15(8-10-16)20-23-17(13-28-20)21(26)27-12-19(25)24-11-3-5-14-4-1-2-6-18(14)24/h7-10,13-14,18H,1-6,11-12H2/t14-,18+/m1/s1. The number of rotatable bonds is 4. The second kappa shape index (κ2) is 8.39. The smallest absolute Gasteiger partial charge is 0.358 e. The molecule has 1 aromatic heterocycles. The van der Waals surface area contributed by atoms with Crippen molar-refractivity contribution in [1.82, 2.24) is 9.88 Å². The number of carbonyl (C=O) groups is 2. The van der Waals surface area contributed by atoms with Gasteiger partial charge in [0.25, 0.3) is 5.91 Å². The van der Waals surface area contributed by atoms with Crippen LogP contribution in [0.3, 0.4) is 0 Å². The van der Waals surface area contributed by atoms with Crippen LogP contribution in [-0.4, -0.2) is 41.0 Å². The molecule has 1 amide bonds. The highest BCUT2D eigenvalue weighted by atomic mass is 32.1. The van der Waals surface area contributed by atoms with Crippen molar-refractivity contribution >= 4 is 23.2 Å². The minimum atomic E-state index is -0.602. The Labute approximate surface area is 167 Å². The second-order valence-electron chi connectivity index (χ2n) is 7.46. The molecule has 0 unspecified atom stereocenters. The highest BCUT2D eigenvalue weighted by molar-refractivity contribution is 7.13. The van der Waals surface area contributed by atoms with E-state index in [1.807, 2.05) is 4.90 Å². The lowest BCUT2D eigenvalue weighted by Gasteiger charge is -2.44. The summed E-state index contributed by atoms with van der Waals surface area (Å²) >= 11 is 1.28. The maximum atomic E-state index is 13.0. The molecule has 1 saturated carbocycles. The molecule has 2 aliphatic rings. The van der Waals surface area contributed by atoms with Gasteiger partial charge in [0.2, 0.25) is 0 Å². The fourth-order valence-corrected chi connectivity index (χ4v) is 5.11. The van der Waals surface area contributed by atoms with E-state index in [0.29, 0.717) is 17.0 Å². The average molecular weight is 402 g/mol. The summed E-state index contributed by atoms with van der Waals surface area (Å²) < 4.78 is 18.3.